The molecule has 0 spiro atoms. The molecule has 0 aliphatic heterocycles. The summed E-state index contributed by atoms with van der Waals surface area (Å²) in [5.74, 6) is 0.308. The van der Waals surface area contributed by atoms with Crippen molar-refractivity contribution in [1.29, 1.82) is 0 Å². The standard InChI is InChI=1S/C16H19FN2O/c1-12-6-7-15(10-16(12)17)20-11-13-8-9-19(18-13)14-4-2-3-5-14/h6-10,14H,2-5,11H2,1H3. The van der Waals surface area contributed by atoms with Gasteiger partial charge in [0.2, 0.25) is 0 Å². The van der Waals surface area contributed by atoms with Crippen LogP contribution >= 0.6 is 0 Å². The van der Waals surface area contributed by atoms with E-state index in [0.717, 1.165) is 5.69 Å². The second-order valence-electron chi connectivity index (χ2n) is 5.43. The van der Waals surface area contributed by atoms with Gasteiger partial charge < -0.3 is 4.74 Å². The van der Waals surface area contributed by atoms with E-state index < -0.39 is 0 Å². The van der Waals surface area contributed by atoms with Crippen LogP contribution in [0.1, 0.15) is 43.0 Å². The quantitative estimate of drug-likeness (QED) is 0.841. The maximum Gasteiger partial charge on any atom is 0.132 e. The highest BCUT2D eigenvalue weighted by molar-refractivity contribution is 5.28. The van der Waals surface area contributed by atoms with Gasteiger partial charge in [-0.05, 0) is 37.5 Å². The summed E-state index contributed by atoms with van der Waals surface area (Å²) < 4.78 is 21.0. The van der Waals surface area contributed by atoms with Crippen LogP contribution in [-0.2, 0) is 6.61 Å². The molecule has 0 saturated heterocycles. The maximum absolute atomic E-state index is 13.4. The molecule has 106 valence electrons. The minimum absolute atomic E-state index is 0.237. The highest BCUT2D eigenvalue weighted by atomic mass is 19.1. The lowest BCUT2D eigenvalue weighted by Gasteiger charge is -2.09. The van der Waals surface area contributed by atoms with E-state index in [1.54, 1.807) is 19.1 Å². The number of hydrogen-bond donors (Lipinski definition) is 0. The van der Waals surface area contributed by atoms with E-state index in [4.69, 9.17) is 4.74 Å². The SMILES string of the molecule is Cc1ccc(OCc2ccn(C3CCCC3)n2)cc1F. The Labute approximate surface area is 118 Å². The first-order valence-corrected chi connectivity index (χ1v) is 7.15. The van der Waals surface area contributed by atoms with Gasteiger partial charge in [-0.25, -0.2) is 4.39 Å². The average Bonchev–Trinajstić information content (AvgIpc) is 3.09. The molecule has 4 heteroatoms. The van der Waals surface area contributed by atoms with Crippen LogP contribution in [0.15, 0.2) is 30.5 Å². The van der Waals surface area contributed by atoms with Crippen molar-refractivity contribution >= 4 is 0 Å². The Kier molecular flexibility index (Phi) is 3.72. The summed E-state index contributed by atoms with van der Waals surface area (Å²) in [4.78, 5) is 0. The van der Waals surface area contributed by atoms with Gasteiger partial charge in [-0.2, -0.15) is 5.10 Å². The molecule has 1 saturated carbocycles. The van der Waals surface area contributed by atoms with Crippen molar-refractivity contribution in [2.75, 3.05) is 0 Å². The number of halogens is 1. The van der Waals surface area contributed by atoms with E-state index in [-0.39, 0.29) is 5.82 Å². The molecule has 0 atom stereocenters. The Bertz CT molecular complexity index is 588. The third-order valence-corrected chi connectivity index (χ3v) is 3.89. The number of nitrogens with zero attached hydrogens (tertiary/aromatic N) is 2. The van der Waals surface area contributed by atoms with Crippen LogP contribution in [0, 0.1) is 12.7 Å². The fourth-order valence-electron chi connectivity index (χ4n) is 2.65. The third-order valence-electron chi connectivity index (χ3n) is 3.89. The molecule has 1 aromatic heterocycles. The van der Waals surface area contributed by atoms with Crippen LogP contribution in [0.4, 0.5) is 4.39 Å². The summed E-state index contributed by atoms with van der Waals surface area (Å²) in [6.07, 6.45) is 7.03. The number of ether oxygens (including phenoxy) is 1. The molecule has 0 bridgehead atoms. The molecule has 0 N–H and O–H groups in total. The van der Waals surface area contributed by atoms with Crippen molar-refractivity contribution in [2.24, 2.45) is 0 Å². The smallest absolute Gasteiger partial charge is 0.132 e. The zero-order valence-corrected chi connectivity index (χ0v) is 11.7. The molecule has 0 amide bonds. The molecule has 20 heavy (non-hydrogen) atoms. The summed E-state index contributed by atoms with van der Waals surface area (Å²) in [7, 11) is 0. The Balaban J connectivity index is 1.61. The molecule has 1 aliphatic carbocycles. The van der Waals surface area contributed by atoms with Crippen LogP contribution in [0.3, 0.4) is 0 Å². The summed E-state index contributed by atoms with van der Waals surface area (Å²) >= 11 is 0. The Morgan fingerprint density at radius 1 is 1.30 bits per heavy atom. The first-order valence-electron chi connectivity index (χ1n) is 7.15. The van der Waals surface area contributed by atoms with Gasteiger partial charge in [0.15, 0.2) is 0 Å². The van der Waals surface area contributed by atoms with Crippen molar-refractivity contribution < 1.29 is 9.13 Å². The molecule has 1 aliphatic rings. The molecular weight excluding hydrogens is 255 g/mol. The van der Waals surface area contributed by atoms with Crippen molar-refractivity contribution in [3.63, 3.8) is 0 Å². The predicted octanol–water partition coefficient (Wildman–Crippen LogP) is 4.02. The minimum atomic E-state index is -0.237. The first-order chi connectivity index (χ1) is 9.72. The van der Waals surface area contributed by atoms with Crippen LogP contribution < -0.4 is 4.74 Å². The van der Waals surface area contributed by atoms with E-state index in [0.29, 0.717) is 24.0 Å². The van der Waals surface area contributed by atoms with Gasteiger partial charge in [0.25, 0.3) is 0 Å². The minimum Gasteiger partial charge on any atom is -0.487 e. The average molecular weight is 274 g/mol. The largest absolute Gasteiger partial charge is 0.487 e. The Morgan fingerprint density at radius 3 is 2.85 bits per heavy atom. The second-order valence-corrected chi connectivity index (χ2v) is 5.43. The van der Waals surface area contributed by atoms with Crippen LogP contribution in [0.2, 0.25) is 0 Å². The molecule has 1 fully saturated rings. The Hall–Kier alpha value is -1.84. The predicted molar refractivity (Wildman–Crippen MR) is 75.2 cm³/mol. The topological polar surface area (TPSA) is 27.1 Å². The number of benzene rings is 1. The highest BCUT2D eigenvalue weighted by Gasteiger charge is 2.17. The van der Waals surface area contributed by atoms with Gasteiger partial charge in [-0.3, -0.25) is 4.68 Å². The lowest BCUT2D eigenvalue weighted by atomic mass is 10.2. The van der Waals surface area contributed by atoms with Gasteiger partial charge in [-0.1, -0.05) is 18.9 Å². The van der Waals surface area contributed by atoms with Gasteiger partial charge >= 0.3 is 0 Å². The summed E-state index contributed by atoms with van der Waals surface area (Å²) in [5, 5.41) is 4.55. The zero-order valence-electron chi connectivity index (χ0n) is 11.7. The third kappa shape index (κ3) is 2.84. The fraction of sp³-hybridized carbons (Fsp3) is 0.438. The van der Waals surface area contributed by atoms with Crippen LogP contribution in [-0.4, -0.2) is 9.78 Å². The van der Waals surface area contributed by atoms with Crippen LogP contribution in [0.5, 0.6) is 5.75 Å². The van der Waals surface area contributed by atoms with Crippen molar-refractivity contribution in [3.05, 3.63) is 47.5 Å². The van der Waals surface area contributed by atoms with Gasteiger partial charge in [0.05, 0.1) is 11.7 Å². The van der Waals surface area contributed by atoms with E-state index in [2.05, 4.69) is 5.10 Å². The summed E-state index contributed by atoms with van der Waals surface area (Å²) in [6.45, 7) is 2.12. The molecule has 0 unspecified atom stereocenters. The number of hydrogen-bond acceptors (Lipinski definition) is 2. The van der Waals surface area contributed by atoms with E-state index in [9.17, 15) is 4.39 Å². The fourth-order valence-corrected chi connectivity index (χ4v) is 2.65. The van der Waals surface area contributed by atoms with Crippen molar-refractivity contribution in [2.45, 2.75) is 45.3 Å². The summed E-state index contributed by atoms with van der Waals surface area (Å²) in [6, 6.07) is 7.45. The number of rotatable bonds is 4. The molecule has 1 aromatic carbocycles. The molecular formula is C16H19FN2O. The lowest BCUT2D eigenvalue weighted by Crippen LogP contribution is -2.06. The number of aromatic nitrogens is 2. The zero-order chi connectivity index (χ0) is 13.9. The Morgan fingerprint density at radius 2 is 2.10 bits per heavy atom. The summed E-state index contributed by atoms with van der Waals surface area (Å²) in [5.41, 5.74) is 1.51. The molecule has 3 nitrogen and oxygen atoms in total. The lowest BCUT2D eigenvalue weighted by molar-refractivity contribution is 0.296. The van der Waals surface area contributed by atoms with Gasteiger partial charge in [-0.15, -0.1) is 0 Å². The molecule has 2 aromatic rings. The van der Waals surface area contributed by atoms with E-state index >= 15 is 0 Å². The van der Waals surface area contributed by atoms with Gasteiger partial charge in [0, 0.05) is 12.3 Å². The molecule has 0 radical (unpaired) electrons. The molecule has 3 rings (SSSR count). The van der Waals surface area contributed by atoms with Crippen molar-refractivity contribution in [1.82, 2.24) is 9.78 Å². The monoisotopic (exact) mass is 274 g/mol. The first kappa shape index (κ1) is 13.2. The van der Waals surface area contributed by atoms with E-state index in [1.807, 2.05) is 16.9 Å². The second kappa shape index (κ2) is 5.65. The van der Waals surface area contributed by atoms with Crippen molar-refractivity contribution in [3.8, 4) is 5.75 Å². The highest BCUT2D eigenvalue weighted by Crippen LogP contribution is 2.28. The molecule has 1 heterocycles. The van der Waals surface area contributed by atoms with Gasteiger partial charge in [0.1, 0.15) is 18.2 Å². The normalized spacial score (nSPS) is 15.7. The van der Waals surface area contributed by atoms with Crippen LogP contribution in [0.25, 0.3) is 0 Å². The van der Waals surface area contributed by atoms with E-state index in [1.165, 1.54) is 31.7 Å². The number of aryl methyl sites for hydroxylation is 1. The maximum atomic E-state index is 13.4.